The van der Waals surface area contributed by atoms with Gasteiger partial charge in [-0.3, -0.25) is 9.48 Å². The van der Waals surface area contributed by atoms with E-state index in [4.69, 9.17) is 16.5 Å². The standard InChI is InChI=1S/C21H17N3S.C7H7N5O/c1-3-20-18(16-7-5-4-6-8-16)11-19-17(14-25-21(19)23-20)10-9-15-12-22-24(2)13-15;8-5-4(6(9)13)7-10-2-1-3-12(7)11-5/h4-8,11-14H,3H2,1-2H3;1-3H,(H2,8,11)(H2,9,13). The van der Waals surface area contributed by atoms with Crippen LogP contribution in [-0.2, 0) is 13.5 Å². The molecule has 188 valence electrons. The van der Waals surface area contributed by atoms with E-state index in [0.717, 1.165) is 33.5 Å². The van der Waals surface area contributed by atoms with Crippen molar-refractivity contribution in [3.8, 4) is 23.0 Å². The SMILES string of the molecule is CCc1nc2scc(C#Cc3cnn(C)c3)c2cc1-c1ccccc1.NC(=O)c1c(N)nn2cccnc12. The summed E-state index contributed by atoms with van der Waals surface area (Å²) in [5.74, 6) is 5.96. The number of amides is 1. The van der Waals surface area contributed by atoms with Gasteiger partial charge in [-0.25, -0.2) is 14.5 Å². The lowest BCUT2D eigenvalue weighted by Crippen LogP contribution is -2.12. The number of fused-ring (bicyclic) bond motifs is 2. The number of carbonyl (C=O) groups excluding carboxylic acids is 1. The number of hydrogen-bond acceptors (Lipinski definition) is 7. The molecular weight excluding hydrogens is 496 g/mol. The van der Waals surface area contributed by atoms with E-state index in [2.05, 4.69) is 69.7 Å². The number of anilines is 1. The van der Waals surface area contributed by atoms with Gasteiger partial charge in [0.2, 0.25) is 0 Å². The van der Waals surface area contributed by atoms with E-state index >= 15 is 0 Å². The summed E-state index contributed by atoms with van der Waals surface area (Å²) in [6.07, 6.45) is 7.80. The van der Waals surface area contributed by atoms with E-state index in [1.807, 2.05) is 19.3 Å². The van der Waals surface area contributed by atoms with Crippen LogP contribution in [0.5, 0.6) is 0 Å². The van der Waals surface area contributed by atoms with Crippen molar-refractivity contribution in [3.63, 3.8) is 0 Å². The third kappa shape index (κ3) is 4.96. The highest BCUT2D eigenvalue weighted by Crippen LogP contribution is 2.31. The first-order valence-corrected chi connectivity index (χ1v) is 12.7. The van der Waals surface area contributed by atoms with Gasteiger partial charge >= 0.3 is 0 Å². The number of thiophene rings is 1. The van der Waals surface area contributed by atoms with Crippen LogP contribution in [0.3, 0.4) is 0 Å². The Labute approximate surface area is 222 Å². The van der Waals surface area contributed by atoms with Crippen molar-refractivity contribution in [2.45, 2.75) is 13.3 Å². The number of aromatic nitrogens is 6. The Bertz CT molecular complexity index is 1820. The summed E-state index contributed by atoms with van der Waals surface area (Å²) in [6.45, 7) is 2.15. The highest BCUT2D eigenvalue weighted by molar-refractivity contribution is 7.17. The second kappa shape index (κ2) is 10.5. The first-order chi connectivity index (χ1) is 18.4. The summed E-state index contributed by atoms with van der Waals surface area (Å²) in [5, 5.41) is 11.2. The topological polar surface area (TPSA) is 130 Å². The molecular formula is C28H24N8OS. The van der Waals surface area contributed by atoms with Crippen LogP contribution in [0, 0.1) is 11.8 Å². The van der Waals surface area contributed by atoms with Crippen LogP contribution in [0.4, 0.5) is 5.82 Å². The Balaban J connectivity index is 0.000000190. The van der Waals surface area contributed by atoms with Crippen LogP contribution in [0.25, 0.3) is 27.0 Å². The monoisotopic (exact) mass is 520 g/mol. The normalized spacial score (nSPS) is 10.6. The van der Waals surface area contributed by atoms with Gasteiger partial charge in [0.15, 0.2) is 11.5 Å². The molecule has 0 radical (unpaired) electrons. The number of benzene rings is 1. The van der Waals surface area contributed by atoms with Gasteiger partial charge in [-0.15, -0.1) is 16.4 Å². The fraction of sp³-hybridized carbons (Fsp3) is 0.107. The lowest BCUT2D eigenvalue weighted by Gasteiger charge is -2.08. The quantitative estimate of drug-likeness (QED) is 0.338. The molecule has 38 heavy (non-hydrogen) atoms. The summed E-state index contributed by atoms with van der Waals surface area (Å²) in [5.41, 5.74) is 16.6. The van der Waals surface area contributed by atoms with Gasteiger partial charge in [0.25, 0.3) is 5.91 Å². The number of aryl methyl sites for hydroxylation is 2. The maximum absolute atomic E-state index is 10.9. The maximum Gasteiger partial charge on any atom is 0.256 e. The van der Waals surface area contributed by atoms with Gasteiger partial charge in [-0.2, -0.15) is 5.10 Å². The third-order valence-electron chi connectivity index (χ3n) is 5.78. The Hall–Kier alpha value is -5.01. The third-order valence-corrected chi connectivity index (χ3v) is 6.67. The minimum Gasteiger partial charge on any atom is -0.381 e. The van der Waals surface area contributed by atoms with Crippen molar-refractivity contribution >= 4 is 38.9 Å². The Morgan fingerprint density at radius 1 is 1.16 bits per heavy atom. The minimum absolute atomic E-state index is 0.103. The first-order valence-electron chi connectivity index (χ1n) is 11.8. The lowest BCUT2D eigenvalue weighted by atomic mass is 10.0. The zero-order valence-corrected chi connectivity index (χ0v) is 21.6. The number of rotatable bonds is 3. The van der Waals surface area contributed by atoms with Crippen molar-refractivity contribution in [1.29, 1.82) is 0 Å². The fourth-order valence-corrected chi connectivity index (χ4v) is 4.87. The average molecular weight is 521 g/mol. The van der Waals surface area contributed by atoms with E-state index in [-0.39, 0.29) is 11.4 Å². The van der Waals surface area contributed by atoms with Crippen LogP contribution in [-0.4, -0.2) is 35.3 Å². The van der Waals surface area contributed by atoms with Crippen molar-refractivity contribution in [3.05, 3.63) is 95.0 Å². The summed E-state index contributed by atoms with van der Waals surface area (Å²) in [6, 6.07) is 14.4. The summed E-state index contributed by atoms with van der Waals surface area (Å²) < 4.78 is 3.17. The highest BCUT2D eigenvalue weighted by atomic mass is 32.1. The molecule has 6 rings (SSSR count). The minimum atomic E-state index is -0.619. The van der Waals surface area contributed by atoms with Gasteiger partial charge in [0.1, 0.15) is 10.4 Å². The molecule has 5 aromatic heterocycles. The summed E-state index contributed by atoms with van der Waals surface area (Å²) in [4.78, 5) is 20.8. The summed E-state index contributed by atoms with van der Waals surface area (Å²) in [7, 11) is 1.90. The van der Waals surface area contributed by atoms with Gasteiger partial charge in [-0.1, -0.05) is 49.1 Å². The van der Waals surface area contributed by atoms with E-state index < -0.39 is 5.91 Å². The number of hydrogen-bond donors (Lipinski definition) is 2. The van der Waals surface area contributed by atoms with E-state index in [9.17, 15) is 4.79 Å². The van der Waals surface area contributed by atoms with Crippen LogP contribution in [0.2, 0.25) is 0 Å². The predicted molar refractivity (Wildman–Crippen MR) is 150 cm³/mol. The van der Waals surface area contributed by atoms with Crippen molar-refractivity contribution in [2.75, 3.05) is 5.73 Å². The van der Waals surface area contributed by atoms with Gasteiger partial charge in [0, 0.05) is 53.2 Å². The molecule has 5 heterocycles. The van der Waals surface area contributed by atoms with Crippen LogP contribution in [0.1, 0.15) is 34.1 Å². The van der Waals surface area contributed by atoms with Gasteiger partial charge in [-0.05, 0) is 24.1 Å². The van der Waals surface area contributed by atoms with Gasteiger partial charge in [0.05, 0.1) is 11.8 Å². The fourth-order valence-electron chi connectivity index (χ4n) is 3.99. The Morgan fingerprint density at radius 2 is 1.97 bits per heavy atom. The van der Waals surface area contributed by atoms with E-state index in [1.165, 1.54) is 15.6 Å². The van der Waals surface area contributed by atoms with Crippen molar-refractivity contribution in [1.82, 2.24) is 29.4 Å². The molecule has 0 fully saturated rings. The largest absolute Gasteiger partial charge is 0.381 e. The number of nitrogens with zero attached hydrogens (tertiary/aromatic N) is 6. The summed E-state index contributed by atoms with van der Waals surface area (Å²) >= 11 is 1.65. The number of nitrogen functional groups attached to an aromatic ring is 1. The molecule has 0 saturated carbocycles. The molecule has 0 aliphatic carbocycles. The van der Waals surface area contributed by atoms with E-state index in [0.29, 0.717) is 5.65 Å². The smallest absolute Gasteiger partial charge is 0.256 e. The molecule has 10 heteroatoms. The Morgan fingerprint density at radius 3 is 2.68 bits per heavy atom. The maximum atomic E-state index is 10.9. The molecule has 0 spiro atoms. The molecule has 0 bridgehead atoms. The van der Waals surface area contributed by atoms with Crippen molar-refractivity contribution < 1.29 is 4.79 Å². The molecule has 0 aliphatic heterocycles. The zero-order valence-electron chi connectivity index (χ0n) is 20.8. The molecule has 1 amide bonds. The number of primary amides is 1. The predicted octanol–water partition coefficient (Wildman–Crippen LogP) is 4.07. The van der Waals surface area contributed by atoms with Gasteiger partial charge < -0.3 is 11.5 Å². The molecule has 0 aliphatic rings. The molecule has 0 saturated heterocycles. The zero-order chi connectivity index (χ0) is 26.6. The van der Waals surface area contributed by atoms with Crippen LogP contribution < -0.4 is 11.5 Å². The van der Waals surface area contributed by atoms with Crippen molar-refractivity contribution in [2.24, 2.45) is 12.8 Å². The second-order valence-corrected chi connectivity index (χ2v) is 9.23. The highest BCUT2D eigenvalue weighted by Gasteiger charge is 2.15. The lowest BCUT2D eigenvalue weighted by molar-refractivity contribution is 0.100. The number of carbonyl (C=O) groups is 1. The second-order valence-electron chi connectivity index (χ2n) is 8.37. The molecule has 4 N–H and O–H groups in total. The van der Waals surface area contributed by atoms with Crippen LogP contribution in [0.15, 0.2) is 72.6 Å². The number of nitrogens with two attached hydrogens (primary N) is 2. The van der Waals surface area contributed by atoms with E-state index in [1.54, 1.807) is 40.7 Å². The molecule has 0 unspecified atom stereocenters. The van der Waals surface area contributed by atoms with Crippen LogP contribution >= 0.6 is 11.3 Å². The first kappa shape index (κ1) is 24.7. The molecule has 1 aromatic carbocycles. The molecule has 6 aromatic rings. The molecule has 0 atom stereocenters. The Kier molecular flexibility index (Phi) is 6.84. The molecule has 9 nitrogen and oxygen atoms in total. The average Bonchev–Trinajstić information content (AvgIpc) is 3.62. The number of pyridine rings is 1.